The van der Waals surface area contributed by atoms with E-state index < -0.39 is 17.2 Å². The molecule has 1 aromatic carbocycles. The molecular formula is C14H16F2N2O. The summed E-state index contributed by atoms with van der Waals surface area (Å²) in [5, 5.41) is 21.1. The average molecular weight is 266 g/mol. The first-order valence-corrected chi connectivity index (χ1v) is 6.34. The molecule has 1 saturated carbocycles. The topological polar surface area (TPSA) is 56.0 Å². The predicted octanol–water partition coefficient (Wildman–Crippen LogP) is 2.23. The molecule has 0 aromatic heterocycles. The fraction of sp³-hybridized carbons (Fsp3) is 0.500. The molecule has 1 aliphatic carbocycles. The molecule has 2 N–H and O–H groups in total. The monoisotopic (exact) mass is 266 g/mol. The largest absolute Gasteiger partial charge is 0.394 e. The number of nitrogens with one attached hydrogen (secondary N) is 1. The lowest BCUT2D eigenvalue weighted by atomic mass is 9.98. The molecule has 0 spiro atoms. The van der Waals surface area contributed by atoms with E-state index in [1.807, 2.05) is 0 Å². The van der Waals surface area contributed by atoms with Gasteiger partial charge in [-0.1, -0.05) is 12.8 Å². The number of aliphatic hydroxyl groups is 1. The lowest BCUT2D eigenvalue weighted by Crippen LogP contribution is -2.45. The van der Waals surface area contributed by atoms with E-state index >= 15 is 0 Å². The Bertz CT molecular complexity index is 482. The van der Waals surface area contributed by atoms with E-state index in [0.717, 1.165) is 37.8 Å². The number of nitrogens with zero attached hydrogens (tertiary/aromatic N) is 1. The minimum Gasteiger partial charge on any atom is -0.394 e. The second-order valence-corrected chi connectivity index (χ2v) is 5.03. The number of nitriles is 1. The van der Waals surface area contributed by atoms with E-state index in [-0.39, 0.29) is 24.3 Å². The smallest absolute Gasteiger partial charge is 0.131 e. The van der Waals surface area contributed by atoms with Gasteiger partial charge in [0.25, 0.3) is 0 Å². The number of hydrogen-bond acceptors (Lipinski definition) is 3. The van der Waals surface area contributed by atoms with Gasteiger partial charge in [0.2, 0.25) is 0 Å². The highest BCUT2D eigenvalue weighted by Crippen LogP contribution is 2.29. The molecule has 102 valence electrons. The van der Waals surface area contributed by atoms with Crippen LogP contribution in [0.15, 0.2) is 12.1 Å². The Morgan fingerprint density at radius 1 is 1.26 bits per heavy atom. The van der Waals surface area contributed by atoms with Crippen LogP contribution < -0.4 is 5.32 Å². The van der Waals surface area contributed by atoms with Crippen LogP contribution in [0.1, 0.15) is 36.8 Å². The van der Waals surface area contributed by atoms with Gasteiger partial charge in [-0.25, -0.2) is 8.78 Å². The van der Waals surface area contributed by atoms with Gasteiger partial charge in [-0.3, -0.25) is 0 Å². The first-order chi connectivity index (χ1) is 9.10. The Morgan fingerprint density at radius 2 is 1.84 bits per heavy atom. The molecule has 1 aliphatic rings. The van der Waals surface area contributed by atoms with Crippen molar-refractivity contribution in [1.29, 1.82) is 5.26 Å². The summed E-state index contributed by atoms with van der Waals surface area (Å²) in [7, 11) is 0. The zero-order chi connectivity index (χ0) is 13.9. The van der Waals surface area contributed by atoms with Crippen LogP contribution in [0.3, 0.4) is 0 Å². The maximum atomic E-state index is 13.7. The number of benzene rings is 1. The van der Waals surface area contributed by atoms with E-state index in [1.54, 1.807) is 6.07 Å². The van der Waals surface area contributed by atoms with Crippen molar-refractivity contribution in [3.05, 3.63) is 34.9 Å². The van der Waals surface area contributed by atoms with Crippen molar-refractivity contribution in [3.63, 3.8) is 0 Å². The third kappa shape index (κ3) is 2.91. The summed E-state index contributed by atoms with van der Waals surface area (Å²) in [6.07, 6.45) is 3.63. The fourth-order valence-corrected chi connectivity index (χ4v) is 2.55. The fourth-order valence-electron chi connectivity index (χ4n) is 2.55. The Labute approximate surface area is 110 Å². The summed E-state index contributed by atoms with van der Waals surface area (Å²) in [5.74, 6) is -1.45. The molecule has 0 atom stereocenters. The van der Waals surface area contributed by atoms with E-state index in [1.165, 1.54) is 0 Å². The number of halogens is 2. The zero-order valence-corrected chi connectivity index (χ0v) is 10.5. The molecule has 2 rings (SSSR count). The Balaban J connectivity index is 2.14. The molecule has 0 amide bonds. The van der Waals surface area contributed by atoms with Crippen molar-refractivity contribution >= 4 is 0 Å². The molecule has 1 fully saturated rings. The number of rotatable bonds is 4. The van der Waals surface area contributed by atoms with Crippen molar-refractivity contribution in [2.45, 2.75) is 37.8 Å². The van der Waals surface area contributed by atoms with Crippen LogP contribution in [0.2, 0.25) is 0 Å². The number of hydrogen-bond donors (Lipinski definition) is 2. The van der Waals surface area contributed by atoms with Crippen LogP contribution in [0, 0.1) is 23.0 Å². The molecule has 0 heterocycles. The van der Waals surface area contributed by atoms with E-state index in [4.69, 9.17) is 5.26 Å². The van der Waals surface area contributed by atoms with Gasteiger partial charge in [-0.2, -0.15) is 5.26 Å². The van der Waals surface area contributed by atoms with Crippen molar-refractivity contribution in [3.8, 4) is 6.07 Å². The molecule has 0 unspecified atom stereocenters. The van der Waals surface area contributed by atoms with Crippen LogP contribution in [0.4, 0.5) is 8.78 Å². The van der Waals surface area contributed by atoms with Gasteiger partial charge in [0.05, 0.1) is 18.2 Å². The van der Waals surface area contributed by atoms with E-state index in [9.17, 15) is 13.9 Å². The number of aliphatic hydroxyl groups excluding tert-OH is 1. The van der Waals surface area contributed by atoms with E-state index in [0.29, 0.717) is 0 Å². The first kappa shape index (κ1) is 13.9. The van der Waals surface area contributed by atoms with Crippen LogP contribution in [0.5, 0.6) is 0 Å². The second-order valence-electron chi connectivity index (χ2n) is 5.03. The minimum atomic E-state index is -0.727. The molecule has 1 aromatic rings. The highest BCUT2D eigenvalue weighted by atomic mass is 19.1. The average Bonchev–Trinajstić information content (AvgIpc) is 2.87. The Morgan fingerprint density at radius 3 is 2.32 bits per heavy atom. The Kier molecular flexibility index (Phi) is 4.13. The molecular weight excluding hydrogens is 250 g/mol. The van der Waals surface area contributed by atoms with Crippen LogP contribution in [-0.2, 0) is 6.54 Å². The minimum absolute atomic E-state index is 0.0178. The van der Waals surface area contributed by atoms with Crippen molar-refractivity contribution in [2.24, 2.45) is 0 Å². The van der Waals surface area contributed by atoms with Crippen molar-refractivity contribution < 1.29 is 13.9 Å². The van der Waals surface area contributed by atoms with E-state index in [2.05, 4.69) is 5.32 Å². The van der Waals surface area contributed by atoms with Gasteiger partial charge in [-0.15, -0.1) is 0 Å². The summed E-state index contributed by atoms with van der Waals surface area (Å²) < 4.78 is 27.4. The van der Waals surface area contributed by atoms with Gasteiger partial charge >= 0.3 is 0 Å². The molecule has 3 nitrogen and oxygen atoms in total. The molecule has 0 saturated heterocycles. The summed E-state index contributed by atoms with van der Waals surface area (Å²) >= 11 is 0. The quantitative estimate of drug-likeness (QED) is 0.878. The molecule has 0 bridgehead atoms. The zero-order valence-electron chi connectivity index (χ0n) is 10.5. The molecule has 19 heavy (non-hydrogen) atoms. The highest BCUT2D eigenvalue weighted by molar-refractivity contribution is 5.34. The highest BCUT2D eigenvalue weighted by Gasteiger charge is 2.32. The first-order valence-electron chi connectivity index (χ1n) is 6.34. The SMILES string of the molecule is N#Cc1cc(F)c(CNC2(CO)CCCC2)c(F)c1. The standard InChI is InChI=1S/C14H16F2N2O/c15-12-5-10(7-17)6-13(16)11(12)8-18-14(9-19)3-1-2-4-14/h5-6,18-19H,1-4,8-9H2. The molecule has 0 radical (unpaired) electrons. The van der Waals surface area contributed by atoms with Gasteiger partial charge in [0, 0.05) is 17.6 Å². The third-order valence-corrected chi connectivity index (χ3v) is 3.77. The second kappa shape index (κ2) is 5.64. The maximum Gasteiger partial charge on any atom is 0.131 e. The molecule has 5 heteroatoms. The van der Waals surface area contributed by atoms with Gasteiger partial charge in [0.15, 0.2) is 0 Å². The summed E-state index contributed by atoms with van der Waals surface area (Å²) in [4.78, 5) is 0. The summed E-state index contributed by atoms with van der Waals surface area (Å²) in [6, 6.07) is 3.77. The van der Waals surface area contributed by atoms with Crippen molar-refractivity contribution in [2.75, 3.05) is 6.61 Å². The lowest BCUT2D eigenvalue weighted by Gasteiger charge is -2.28. The summed E-state index contributed by atoms with van der Waals surface area (Å²) in [5.41, 5.74) is -0.539. The van der Waals surface area contributed by atoms with Crippen molar-refractivity contribution in [1.82, 2.24) is 5.32 Å². The van der Waals surface area contributed by atoms with Gasteiger partial charge < -0.3 is 10.4 Å². The lowest BCUT2D eigenvalue weighted by molar-refractivity contribution is 0.162. The van der Waals surface area contributed by atoms with Gasteiger partial charge in [0.1, 0.15) is 11.6 Å². The molecule has 0 aliphatic heterocycles. The van der Waals surface area contributed by atoms with Gasteiger partial charge in [-0.05, 0) is 25.0 Å². The Hall–Kier alpha value is -1.51. The maximum absolute atomic E-state index is 13.7. The summed E-state index contributed by atoms with van der Waals surface area (Å²) in [6.45, 7) is -0.0174. The van der Waals surface area contributed by atoms with Crippen LogP contribution >= 0.6 is 0 Å². The van der Waals surface area contributed by atoms with Crippen LogP contribution in [0.25, 0.3) is 0 Å². The normalized spacial score (nSPS) is 17.4. The predicted molar refractivity (Wildman–Crippen MR) is 66.2 cm³/mol. The van der Waals surface area contributed by atoms with Crippen LogP contribution in [-0.4, -0.2) is 17.3 Å². The third-order valence-electron chi connectivity index (χ3n) is 3.77.